The van der Waals surface area contributed by atoms with Gasteiger partial charge in [0.1, 0.15) is 0 Å². The van der Waals surface area contributed by atoms with Gasteiger partial charge < -0.3 is 4.57 Å². The molecule has 1 aliphatic heterocycles. The molecule has 0 spiro atoms. The van der Waals surface area contributed by atoms with Crippen LogP contribution in [0.15, 0.2) is 48.8 Å². The van der Waals surface area contributed by atoms with Crippen molar-refractivity contribution in [3.63, 3.8) is 0 Å². The maximum atomic E-state index is 13.0. The fraction of sp³-hybridized carbons (Fsp3) is 0.300. The van der Waals surface area contributed by atoms with Gasteiger partial charge in [-0.05, 0) is 30.3 Å². The molecule has 0 radical (unpaired) electrons. The monoisotopic (exact) mass is 426 g/mol. The van der Waals surface area contributed by atoms with Crippen LogP contribution in [0.25, 0.3) is 5.69 Å². The minimum atomic E-state index is -4.59. The standard InChI is InChI=1S/C20H16F6N4/c21-19(22,23)14-3-1-4-15(9-14)30-7-2-5-16(30)12-29-8-6-17-13(11-29)10-27-18(28-17)20(24,25)26/h1-5,7,9-10H,6,8,11-12H2. The molecule has 4 rings (SSSR count). The molecule has 4 nitrogen and oxygen atoms in total. The lowest BCUT2D eigenvalue weighted by Crippen LogP contribution is -2.32. The summed E-state index contributed by atoms with van der Waals surface area (Å²) in [5, 5.41) is 0. The largest absolute Gasteiger partial charge is 0.451 e. The maximum Gasteiger partial charge on any atom is 0.451 e. The number of alkyl halides is 6. The molecular formula is C20H16F6N4. The van der Waals surface area contributed by atoms with Crippen molar-refractivity contribution in [3.05, 3.63) is 77.1 Å². The number of fused-ring (bicyclic) bond motifs is 1. The van der Waals surface area contributed by atoms with E-state index in [1.807, 2.05) is 4.90 Å². The first-order valence-electron chi connectivity index (χ1n) is 9.09. The van der Waals surface area contributed by atoms with E-state index < -0.39 is 23.7 Å². The Kier molecular flexibility index (Phi) is 5.05. The number of benzene rings is 1. The number of hydrogen-bond donors (Lipinski definition) is 0. The third-order valence-electron chi connectivity index (χ3n) is 4.94. The van der Waals surface area contributed by atoms with Gasteiger partial charge in [0.05, 0.1) is 11.3 Å². The van der Waals surface area contributed by atoms with Gasteiger partial charge in [0.2, 0.25) is 5.82 Å². The molecule has 0 fully saturated rings. The van der Waals surface area contributed by atoms with Crippen LogP contribution in [0.5, 0.6) is 0 Å². The zero-order valence-corrected chi connectivity index (χ0v) is 15.5. The summed E-state index contributed by atoms with van der Waals surface area (Å²) in [7, 11) is 0. The lowest BCUT2D eigenvalue weighted by molar-refractivity contribution is -0.145. The smallest absolute Gasteiger partial charge is 0.320 e. The average Bonchev–Trinajstić information content (AvgIpc) is 3.14. The van der Waals surface area contributed by atoms with Crippen LogP contribution in [0.1, 0.15) is 28.3 Å². The fourth-order valence-electron chi connectivity index (χ4n) is 3.50. The molecule has 158 valence electrons. The topological polar surface area (TPSA) is 34.0 Å². The number of hydrogen-bond acceptors (Lipinski definition) is 3. The highest BCUT2D eigenvalue weighted by atomic mass is 19.4. The first kappa shape index (κ1) is 20.4. The Morgan fingerprint density at radius 2 is 1.77 bits per heavy atom. The highest BCUT2D eigenvalue weighted by Crippen LogP contribution is 2.31. The van der Waals surface area contributed by atoms with E-state index >= 15 is 0 Å². The van der Waals surface area contributed by atoms with Gasteiger partial charge in [-0.1, -0.05) is 6.07 Å². The van der Waals surface area contributed by atoms with Crippen molar-refractivity contribution in [1.29, 1.82) is 0 Å². The van der Waals surface area contributed by atoms with Crippen molar-refractivity contribution in [2.45, 2.75) is 31.9 Å². The number of nitrogens with zero attached hydrogens (tertiary/aromatic N) is 4. The fourth-order valence-corrected chi connectivity index (χ4v) is 3.50. The minimum absolute atomic E-state index is 0.338. The Hall–Kier alpha value is -2.88. The van der Waals surface area contributed by atoms with E-state index in [1.165, 1.54) is 12.3 Å². The first-order chi connectivity index (χ1) is 14.1. The van der Waals surface area contributed by atoms with Crippen molar-refractivity contribution in [2.24, 2.45) is 0 Å². The van der Waals surface area contributed by atoms with Crippen molar-refractivity contribution in [1.82, 2.24) is 19.4 Å². The Morgan fingerprint density at radius 1 is 0.967 bits per heavy atom. The van der Waals surface area contributed by atoms with Crippen LogP contribution >= 0.6 is 0 Å². The zero-order valence-electron chi connectivity index (χ0n) is 15.5. The summed E-state index contributed by atoms with van der Waals surface area (Å²) in [5.74, 6) is -1.15. The normalized spacial score (nSPS) is 15.3. The Morgan fingerprint density at radius 3 is 2.50 bits per heavy atom. The zero-order chi connectivity index (χ0) is 21.5. The van der Waals surface area contributed by atoms with Crippen LogP contribution in [0, 0.1) is 0 Å². The molecule has 0 aliphatic carbocycles. The Labute approximate surface area is 167 Å². The van der Waals surface area contributed by atoms with E-state index in [0.717, 1.165) is 17.8 Å². The average molecular weight is 426 g/mol. The van der Waals surface area contributed by atoms with Crippen LogP contribution < -0.4 is 0 Å². The predicted molar refractivity (Wildman–Crippen MR) is 95.6 cm³/mol. The van der Waals surface area contributed by atoms with Crippen LogP contribution in [-0.2, 0) is 31.9 Å². The summed E-state index contributed by atoms with van der Waals surface area (Å²) >= 11 is 0. The molecule has 3 aromatic rings. The summed E-state index contributed by atoms with van der Waals surface area (Å²) in [4.78, 5) is 9.06. The van der Waals surface area contributed by atoms with Crippen LogP contribution in [0.2, 0.25) is 0 Å². The summed E-state index contributed by atoms with van der Waals surface area (Å²) < 4.78 is 79.1. The van der Waals surface area contributed by atoms with Crippen molar-refractivity contribution in [3.8, 4) is 5.69 Å². The first-order valence-corrected chi connectivity index (χ1v) is 9.09. The SMILES string of the molecule is FC(F)(F)c1cccc(-n2cccc2CN2CCc3nc(C(F)(F)F)ncc3C2)c1. The lowest BCUT2D eigenvalue weighted by Gasteiger charge is -2.28. The van der Waals surface area contributed by atoms with Gasteiger partial charge in [0.25, 0.3) is 0 Å². The van der Waals surface area contributed by atoms with Gasteiger partial charge in [-0.2, -0.15) is 26.3 Å². The van der Waals surface area contributed by atoms with Crippen LogP contribution in [0.3, 0.4) is 0 Å². The molecule has 0 saturated carbocycles. The third-order valence-corrected chi connectivity index (χ3v) is 4.94. The molecular weight excluding hydrogens is 410 g/mol. The number of rotatable bonds is 3. The summed E-state index contributed by atoms with van der Waals surface area (Å²) in [5.41, 5.74) is 1.42. The van der Waals surface area contributed by atoms with E-state index in [-0.39, 0.29) is 0 Å². The quantitative estimate of drug-likeness (QED) is 0.561. The van der Waals surface area contributed by atoms with Crippen molar-refractivity contribution in [2.75, 3.05) is 6.54 Å². The second-order valence-electron chi connectivity index (χ2n) is 7.04. The summed E-state index contributed by atoms with van der Waals surface area (Å²) in [6.07, 6.45) is -5.80. The van der Waals surface area contributed by atoms with E-state index in [1.54, 1.807) is 29.0 Å². The molecule has 1 aromatic carbocycles. The highest BCUT2D eigenvalue weighted by molar-refractivity contribution is 5.39. The Bertz CT molecular complexity index is 1050. The summed E-state index contributed by atoms with van der Waals surface area (Å²) in [6.45, 7) is 1.26. The van der Waals surface area contributed by atoms with Crippen LogP contribution in [0.4, 0.5) is 26.3 Å². The molecule has 10 heteroatoms. The molecule has 0 N–H and O–H groups in total. The maximum absolute atomic E-state index is 13.0. The van der Waals surface area contributed by atoms with Crippen molar-refractivity contribution < 1.29 is 26.3 Å². The second-order valence-corrected chi connectivity index (χ2v) is 7.04. The molecule has 30 heavy (non-hydrogen) atoms. The van der Waals surface area contributed by atoms with Gasteiger partial charge in [-0.25, -0.2) is 9.97 Å². The lowest BCUT2D eigenvalue weighted by atomic mass is 10.1. The number of aromatic nitrogens is 3. The molecule has 0 saturated heterocycles. The van der Waals surface area contributed by atoms with Crippen molar-refractivity contribution >= 4 is 0 Å². The van der Waals surface area contributed by atoms with E-state index in [0.29, 0.717) is 43.0 Å². The van der Waals surface area contributed by atoms with E-state index in [9.17, 15) is 26.3 Å². The molecule has 0 amide bonds. The van der Waals surface area contributed by atoms with Gasteiger partial charge in [-0.3, -0.25) is 4.90 Å². The molecule has 0 unspecified atom stereocenters. The van der Waals surface area contributed by atoms with Gasteiger partial charge in [-0.15, -0.1) is 0 Å². The molecule has 3 heterocycles. The van der Waals surface area contributed by atoms with Gasteiger partial charge in [0.15, 0.2) is 0 Å². The number of halogens is 6. The third kappa shape index (κ3) is 4.18. The van der Waals surface area contributed by atoms with Gasteiger partial charge >= 0.3 is 12.4 Å². The predicted octanol–water partition coefficient (Wildman–Crippen LogP) is 4.86. The second kappa shape index (κ2) is 7.42. The molecule has 1 aliphatic rings. The summed E-state index contributed by atoms with van der Waals surface area (Å²) in [6, 6.07) is 8.60. The molecule has 0 bridgehead atoms. The van der Waals surface area contributed by atoms with E-state index in [4.69, 9.17) is 0 Å². The Balaban J connectivity index is 1.53. The van der Waals surface area contributed by atoms with E-state index in [2.05, 4.69) is 9.97 Å². The van der Waals surface area contributed by atoms with Crippen LogP contribution in [-0.4, -0.2) is 26.0 Å². The highest BCUT2D eigenvalue weighted by Gasteiger charge is 2.35. The van der Waals surface area contributed by atoms with Gasteiger partial charge in [0, 0.05) is 55.4 Å². The minimum Gasteiger partial charge on any atom is -0.320 e. The molecule has 0 atom stereocenters. The molecule has 2 aromatic heterocycles.